The fourth-order valence-corrected chi connectivity index (χ4v) is 2.25. The van der Waals surface area contributed by atoms with E-state index in [0.29, 0.717) is 5.56 Å². The zero-order valence-corrected chi connectivity index (χ0v) is 10.8. The van der Waals surface area contributed by atoms with Crippen LogP contribution in [0.4, 0.5) is 0 Å². The molecule has 3 nitrogen and oxygen atoms in total. The van der Waals surface area contributed by atoms with Gasteiger partial charge in [-0.2, -0.15) is 0 Å². The second-order valence-corrected chi connectivity index (χ2v) is 4.87. The zero-order valence-electron chi connectivity index (χ0n) is 10.8. The first kappa shape index (κ1) is 12.6. The number of carbonyl (C=O) groups is 2. The van der Waals surface area contributed by atoms with Crippen LogP contribution in [0.3, 0.4) is 0 Å². The van der Waals surface area contributed by atoms with Crippen molar-refractivity contribution in [2.45, 2.75) is 26.2 Å². The van der Waals surface area contributed by atoms with Gasteiger partial charge in [0.2, 0.25) is 0 Å². The SMILES string of the molecule is CCOC(=O)C1=CC(C)(C)c2ccccc2C1=O. The minimum atomic E-state index is -0.537. The maximum atomic E-state index is 12.3. The zero-order chi connectivity index (χ0) is 13.3. The molecule has 1 aromatic carbocycles. The van der Waals surface area contributed by atoms with Crippen LogP contribution in [0.5, 0.6) is 0 Å². The normalized spacial score (nSPS) is 16.8. The van der Waals surface area contributed by atoms with E-state index in [1.165, 1.54) is 0 Å². The van der Waals surface area contributed by atoms with E-state index in [9.17, 15) is 9.59 Å². The van der Waals surface area contributed by atoms with Crippen LogP contribution >= 0.6 is 0 Å². The van der Waals surface area contributed by atoms with Crippen LogP contribution in [0.2, 0.25) is 0 Å². The van der Waals surface area contributed by atoms with E-state index in [-0.39, 0.29) is 23.4 Å². The van der Waals surface area contributed by atoms with E-state index in [0.717, 1.165) is 5.56 Å². The molecule has 0 amide bonds. The van der Waals surface area contributed by atoms with Gasteiger partial charge in [-0.25, -0.2) is 4.79 Å². The Bertz CT molecular complexity index is 538. The van der Waals surface area contributed by atoms with Crippen LogP contribution in [-0.4, -0.2) is 18.4 Å². The van der Waals surface area contributed by atoms with Gasteiger partial charge in [-0.15, -0.1) is 0 Å². The van der Waals surface area contributed by atoms with Crippen molar-refractivity contribution in [2.75, 3.05) is 6.61 Å². The van der Waals surface area contributed by atoms with Crippen LogP contribution < -0.4 is 0 Å². The quantitative estimate of drug-likeness (QED) is 0.593. The van der Waals surface area contributed by atoms with Crippen molar-refractivity contribution >= 4 is 11.8 Å². The molecule has 1 aromatic rings. The molecule has 0 saturated heterocycles. The molecule has 0 unspecified atom stereocenters. The topological polar surface area (TPSA) is 43.4 Å². The smallest absolute Gasteiger partial charge is 0.341 e. The minimum Gasteiger partial charge on any atom is -0.462 e. The number of Topliss-reactive ketones (excluding diaryl/α,β-unsaturated/α-hetero) is 1. The maximum Gasteiger partial charge on any atom is 0.341 e. The van der Waals surface area contributed by atoms with Gasteiger partial charge in [0.1, 0.15) is 5.57 Å². The average molecular weight is 244 g/mol. The monoisotopic (exact) mass is 244 g/mol. The highest BCUT2D eigenvalue weighted by Crippen LogP contribution is 2.35. The predicted octanol–water partition coefficient (Wildman–Crippen LogP) is 2.65. The molecule has 94 valence electrons. The Labute approximate surface area is 106 Å². The third-order valence-electron chi connectivity index (χ3n) is 3.11. The van der Waals surface area contributed by atoms with Gasteiger partial charge in [0.25, 0.3) is 0 Å². The van der Waals surface area contributed by atoms with Crippen LogP contribution in [0.15, 0.2) is 35.9 Å². The number of allylic oxidation sites excluding steroid dienone is 1. The Kier molecular flexibility index (Phi) is 3.07. The highest BCUT2D eigenvalue weighted by atomic mass is 16.5. The molecule has 0 saturated carbocycles. The van der Waals surface area contributed by atoms with Crippen LogP contribution in [-0.2, 0) is 14.9 Å². The van der Waals surface area contributed by atoms with E-state index in [2.05, 4.69) is 0 Å². The molecule has 0 spiro atoms. The van der Waals surface area contributed by atoms with Gasteiger partial charge in [0.15, 0.2) is 5.78 Å². The highest BCUT2D eigenvalue weighted by Gasteiger charge is 2.34. The summed E-state index contributed by atoms with van der Waals surface area (Å²) in [6, 6.07) is 7.38. The molecule has 2 rings (SSSR count). The van der Waals surface area contributed by atoms with Crippen molar-refractivity contribution in [3.8, 4) is 0 Å². The molecule has 0 radical (unpaired) electrons. The Morgan fingerprint density at radius 1 is 1.28 bits per heavy atom. The van der Waals surface area contributed by atoms with Crippen LogP contribution in [0.25, 0.3) is 0 Å². The molecule has 0 fully saturated rings. The first-order valence-electron chi connectivity index (χ1n) is 6.01. The lowest BCUT2D eigenvalue weighted by Crippen LogP contribution is -2.29. The number of ether oxygens (including phenoxy) is 1. The minimum absolute atomic E-state index is 0.139. The molecule has 0 aliphatic heterocycles. The lowest BCUT2D eigenvalue weighted by atomic mass is 9.74. The molecular weight excluding hydrogens is 228 g/mol. The molecule has 0 bridgehead atoms. The van der Waals surface area contributed by atoms with Gasteiger partial charge in [-0.05, 0) is 12.5 Å². The fourth-order valence-electron chi connectivity index (χ4n) is 2.25. The Morgan fingerprint density at radius 2 is 1.94 bits per heavy atom. The first-order chi connectivity index (χ1) is 8.47. The van der Waals surface area contributed by atoms with E-state index < -0.39 is 5.97 Å². The summed E-state index contributed by atoms with van der Waals surface area (Å²) >= 11 is 0. The van der Waals surface area contributed by atoms with Gasteiger partial charge < -0.3 is 4.74 Å². The van der Waals surface area contributed by atoms with E-state index in [4.69, 9.17) is 4.74 Å². The van der Waals surface area contributed by atoms with E-state index in [1.54, 1.807) is 25.1 Å². The summed E-state index contributed by atoms with van der Waals surface area (Å²) in [6.07, 6.45) is 1.70. The molecule has 0 atom stereocenters. The molecule has 1 aliphatic rings. The first-order valence-corrected chi connectivity index (χ1v) is 6.01. The highest BCUT2D eigenvalue weighted by molar-refractivity contribution is 6.25. The Balaban J connectivity index is 2.52. The van der Waals surface area contributed by atoms with Crippen molar-refractivity contribution < 1.29 is 14.3 Å². The fraction of sp³-hybridized carbons (Fsp3) is 0.333. The molecule has 1 aliphatic carbocycles. The van der Waals surface area contributed by atoms with Crippen molar-refractivity contribution in [3.63, 3.8) is 0 Å². The number of carbonyl (C=O) groups excluding carboxylic acids is 2. The average Bonchev–Trinajstić information content (AvgIpc) is 2.34. The van der Waals surface area contributed by atoms with Crippen LogP contribution in [0, 0.1) is 0 Å². The third-order valence-corrected chi connectivity index (χ3v) is 3.11. The molecule has 0 aromatic heterocycles. The van der Waals surface area contributed by atoms with Crippen molar-refractivity contribution in [3.05, 3.63) is 47.0 Å². The van der Waals surface area contributed by atoms with Gasteiger partial charge in [0.05, 0.1) is 6.61 Å². The number of benzene rings is 1. The largest absolute Gasteiger partial charge is 0.462 e. The van der Waals surface area contributed by atoms with Crippen LogP contribution in [0.1, 0.15) is 36.7 Å². The third kappa shape index (κ3) is 1.96. The number of hydrogen-bond acceptors (Lipinski definition) is 3. The van der Waals surface area contributed by atoms with Gasteiger partial charge in [0, 0.05) is 11.0 Å². The van der Waals surface area contributed by atoms with Crippen molar-refractivity contribution in [2.24, 2.45) is 0 Å². The van der Waals surface area contributed by atoms with E-state index in [1.807, 2.05) is 26.0 Å². The molecule has 18 heavy (non-hydrogen) atoms. The lowest BCUT2D eigenvalue weighted by molar-refractivity contribution is -0.138. The maximum absolute atomic E-state index is 12.3. The van der Waals surface area contributed by atoms with Crippen molar-refractivity contribution in [1.29, 1.82) is 0 Å². The molecule has 3 heteroatoms. The molecule has 0 N–H and O–H groups in total. The summed E-state index contributed by atoms with van der Waals surface area (Å²) in [5.41, 5.74) is 1.34. The van der Waals surface area contributed by atoms with Gasteiger partial charge in [-0.3, -0.25) is 4.79 Å². The molecular formula is C15H16O3. The number of esters is 1. The second-order valence-electron chi connectivity index (χ2n) is 4.87. The summed E-state index contributed by atoms with van der Waals surface area (Å²) in [4.78, 5) is 24.0. The number of rotatable bonds is 2. The lowest BCUT2D eigenvalue weighted by Gasteiger charge is -2.29. The van der Waals surface area contributed by atoms with E-state index >= 15 is 0 Å². The van der Waals surface area contributed by atoms with Gasteiger partial charge >= 0.3 is 5.97 Å². The summed E-state index contributed by atoms with van der Waals surface area (Å²) in [5.74, 6) is -0.784. The number of ketones is 1. The number of fused-ring (bicyclic) bond motifs is 1. The summed E-state index contributed by atoms with van der Waals surface area (Å²) < 4.78 is 4.93. The Hall–Kier alpha value is -1.90. The summed E-state index contributed by atoms with van der Waals surface area (Å²) in [7, 11) is 0. The second kappa shape index (κ2) is 4.41. The predicted molar refractivity (Wildman–Crippen MR) is 68.5 cm³/mol. The summed E-state index contributed by atoms with van der Waals surface area (Å²) in [5, 5.41) is 0. The Morgan fingerprint density at radius 3 is 2.61 bits per heavy atom. The standard InChI is InChI=1S/C15H16O3/c1-4-18-14(17)11-9-15(2,3)12-8-6-5-7-10(12)13(11)16/h5-9H,4H2,1-3H3. The van der Waals surface area contributed by atoms with Crippen molar-refractivity contribution in [1.82, 2.24) is 0 Å². The van der Waals surface area contributed by atoms with Gasteiger partial charge in [-0.1, -0.05) is 44.2 Å². The number of hydrogen-bond donors (Lipinski definition) is 0. The molecule has 0 heterocycles. The summed E-state index contributed by atoms with van der Waals surface area (Å²) in [6.45, 7) is 5.96.